The van der Waals surface area contributed by atoms with Crippen LogP contribution in [0.2, 0.25) is 0 Å². The molecule has 0 saturated carbocycles. The Hall–Kier alpha value is -0.160. The molecule has 1 heterocycles. The van der Waals surface area contributed by atoms with Gasteiger partial charge in [0, 0.05) is 26.7 Å². The van der Waals surface area contributed by atoms with Gasteiger partial charge in [-0.1, -0.05) is 6.42 Å². The van der Waals surface area contributed by atoms with Crippen molar-refractivity contribution in [3.8, 4) is 0 Å². The van der Waals surface area contributed by atoms with E-state index in [1.54, 1.807) is 7.11 Å². The van der Waals surface area contributed by atoms with Crippen LogP contribution in [-0.2, 0) is 9.47 Å². The predicted octanol–water partition coefficient (Wildman–Crippen LogP) is 0.725. The highest BCUT2D eigenvalue weighted by molar-refractivity contribution is 4.65. The van der Waals surface area contributed by atoms with Crippen molar-refractivity contribution in [2.24, 2.45) is 0 Å². The van der Waals surface area contributed by atoms with Gasteiger partial charge in [0.1, 0.15) is 0 Å². The number of rotatable bonds is 9. The quantitative estimate of drug-likeness (QED) is 0.592. The molecule has 1 saturated heterocycles. The maximum atomic E-state index is 5.36. The number of likely N-dealkylation sites (tertiary alicyclic amines) is 1. The number of nitrogens with zero attached hydrogens (tertiary/aromatic N) is 1. The lowest BCUT2D eigenvalue weighted by atomic mass is 10.1. The molecule has 96 valence electrons. The summed E-state index contributed by atoms with van der Waals surface area (Å²) in [4.78, 5) is 2.54. The van der Waals surface area contributed by atoms with Gasteiger partial charge in [-0.05, 0) is 25.9 Å². The molecule has 0 aliphatic carbocycles. The molecule has 0 bridgehead atoms. The van der Waals surface area contributed by atoms with Crippen molar-refractivity contribution in [3.05, 3.63) is 0 Å². The zero-order valence-corrected chi connectivity index (χ0v) is 10.5. The summed E-state index contributed by atoms with van der Waals surface area (Å²) in [5, 5.41) is 3.40. The third kappa shape index (κ3) is 7.17. The van der Waals surface area contributed by atoms with Crippen LogP contribution in [0.25, 0.3) is 0 Å². The summed E-state index contributed by atoms with van der Waals surface area (Å²) in [7, 11) is 1.69. The molecule has 4 heteroatoms. The largest absolute Gasteiger partial charge is 0.382 e. The standard InChI is InChI=1S/C12H26N2O2/c1-15-11-12-16-10-6-13-5-9-14-7-3-2-4-8-14/h13H,2-12H2,1H3. The molecule has 0 atom stereocenters. The second kappa shape index (κ2) is 10.0. The molecule has 0 radical (unpaired) electrons. The van der Waals surface area contributed by atoms with Crippen LogP contribution in [0.3, 0.4) is 0 Å². The first-order chi connectivity index (χ1) is 7.93. The molecule has 1 aliphatic heterocycles. The Morgan fingerprint density at radius 2 is 1.81 bits per heavy atom. The lowest BCUT2D eigenvalue weighted by Crippen LogP contribution is -2.36. The lowest BCUT2D eigenvalue weighted by molar-refractivity contribution is 0.0717. The number of nitrogens with one attached hydrogen (secondary N) is 1. The van der Waals surface area contributed by atoms with Crippen LogP contribution in [0.1, 0.15) is 19.3 Å². The van der Waals surface area contributed by atoms with Gasteiger partial charge in [0.15, 0.2) is 0 Å². The van der Waals surface area contributed by atoms with Crippen molar-refractivity contribution >= 4 is 0 Å². The Morgan fingerprint density at radius 3 is 2.56 bits per heavy atom. The van der Waals surface area contributed by atoms with E-state index < -0.39 is 0 Å². The summed E-state index contributed by atoms with van der Waals surface area (Å²) >= 11 is 0. The van der Waals surface area contributed by atoms with Crippen molar-refractivity contribution in [2.45, 2.75) is 19.3 Å². The zero-order chi connectivity index (χ0) is 11.5. The van der Waals surface area contributed by atoms with Crippen LogP contribution in [0, 0.1) is 0 Å². The molecule has 1 N–H and O–H groups in total. The second-order valence-electron chi connectivity index (χ2n) is 4.26. The van der Waals surface area contributed by atoms with Gasteiger partial charge in [-0.2, -0.15) is 0 Å². The molecule has 16 heavy (non-hydrogen) atoms. The number of piperidine rings is 1. The Bertz CT molecular complexity index is 150. The molecular weight excluding hydrogens is 204 g/mol. The molecule has 0 spiro atoms. The molecule has 0 aromatic heterocycles. The summed E-state index contributed by atoms with van der Waals surface area (Å²) in [6.07, 6.45) is 4.16. The van der Waals surface area contributed by atoms with Crippen molar-refractivity contribution in [2.75, 3.05) is 59.7 Å². The number of ether oxygens (including phenoxy) is 2. The minimum absolute atomic E-state index is 0.688. The van der Waals surface area contributed by atoms with Gasteiger partial charge in [-0.25, -0.2) is 0 Å². The highest BCUT2D eigenvalue weighted by Crippen LogP contribution is 2.06. The number of hydrogen-bond acceptors (Lipinski definition) is 4. The Labute approximate surface area is 99.3 Å². The van der Waals surface area contributed by atoms with Crippen molar-refractivity contribution in [3.63, 3.8) is 0 Å². The first-order valence-corrected chi connectivity index (χ1v) is 6.43. The normalized spacial score (nSPS) is 17.8. The fourth-order valence-electron chi connectivity index (χ4n) is 1.93. The molecule has 1 fully saturated rings. The van der Waals surface area contributed by atoms with E-state index in [1.165, 1.54) is 38.9 Å². The fraction of sp³-hybridized carbons (Fsp3) is 1.00. The van der Waals surface area contributed by atoms with Crippen LogP contribution in [0.4, 0.5) is 0 Å². The van der Waals surface area contributed by atoms with Crippen LogP contribution < -0.4 is 5.32 Å². The van der Waals surface area contributed by atoms with E-state index in [2.05, 4.69) is 10.2 Å². The Kier molecular flexibility index (Phi) is 8.71. The fourth-order valence-corrected chi connectivity index (χ4v) is 1.93. The molecule has 0 unspecified atom stereocenters. The molecule has 0 aromatic carbocycles. The van der Waals surface area contributed by atoms with E-state index in [0.29, 0.717) is 13.2 Å². The van der Waals surface area contributed by atoms with E-state index in [0.717, 1.165) is 19.7 Å². The highest BCUT2D eigenvalue weighted by atomic mass is 16.5. The average Bonchev–Trinajstić information content (AvgIpc) is 2.34. The third-order valence-electron chi connectivity index (χ3n) is 2.91. The average molecular weight is 230 g/mol. The molecular formula is C12H26N2O2. The molecule has 1 rings (SSSR count). The van der Waals surface area contributed by atoms with Gasteiger partial charge in [-0.3, -0.25) is 0 Å². The van der Waals surface area contributed by atoms with E-state index in [4.69, 9.17) is 9.47 Å². The molecule has 0 amide bonds. The minimum atomic E-state index is 0.688. The molecule has 0 aromatic rings. The van der Waals surface area contributed by atoms with E-state index in [-0.39, 0.29) is 0 Å². The van der Waals surface area contributed by atoms with Crippen molar-refractivity contribution in [1.29, 1.82) is 0 Å². The zero-order valence-electron chi connectivity index (χ0n) is 10.5. The maximum Gasteiger partial charge on any atom is 0.0700 e. The summed E-state index contributed by atoms with van der Waals surface area (Å²) < 4.78 is 10.3. The maximum absolute atomic E-state index is 5.36. The van der Waals surface area contributed by atoms with E-state index >= 15 is 0 Å². The number of methoxy groups -OCH3 is 1. The van der Waals surface area contributed by atoms with Gasteiger partial charge in [0.05, 0.1) is 19.8 Å². The van der Waals surface area contributed by atoms with Gasteiger partial charge in [0.2, 0.25) is 0 Å². The van der Waals surface area contributed by atoms with Crippen molar-refractivity contribution < 1.29 is 9.47 Å². The monoisotopic (exact) mass is 230 g/mol. The van der Waals surface area contributed by atoms with Gasteiger partial charge < -0.3 is 19.7 Å². The van der Waals surface area contributed by atoms with Gasteiger partial charge in [-0.15, -0.1) is 0 Å². The highest BCUT2D eigenvalue weighted by Gasteiger charge is 2.08. The summed E-state index contributed by atoms with van der Waals surface area (Å²) in [6.45, 7) is 7.93. The predicted molar refractivity (Wildman–Crippen MR) is 65.9 cm³/mol. The first kappa shape index (κ1) is 13.9. The third-order valence-corrected chi connectivity index (χ3v) is 2.91. The van der Waals surface area contributed by atoms with Crippen LogP contribution >= 0.6 is 0 Å². The topological polar surface area (TPSA) is 33.7 Å². The van der Waals surface area contributed by atoms with Gasteiger partial charge >= 0.3 is 0 Å². The first-order valence-electron chi connectivity index (χ1n) is 6.43. The Morgan fingerprint density at radius 1 is 1.00 bits per heavy atom. The number of hydrogen-bond donors (Lipinski definition) is 1. The summed E-state index contributed by atoms with van der Waals surface area (Å²) in [5.74, 6) is 0. The van der Waals surface area contributed by atoms with Gasteiger partial charge in [0.25, 0.3) is 0 Å². The van der Waals surface area contributed by atoms with E-state index in [9.17, 15) is 0 Å². The SMILES string of the molecule is COCCOCCNCCN1CCCCC1. The minimum Gasteiger partial charge on any atom is -0.382 e. The van der Waals surface area contributed by atoms with E-state index in [1.807, 2.05) is 0 Å². The smallest absolute Gasteiger partial charge is 0.0700 e. The molecule has 4 nitrogen and oxygen atoms in total. The Balaban J connectivity index is 1.77. The molecule has 1 aliphatic rings. The summed E-state index contributed by atoms with van der Waals surface area (Å²) in [6, 6.07) is 0. The van der Waals surface area contributed by atoms with Crippen molar-refractivity contribution in [1.82, 2.24) is 10.2 Å². The lowest BCUT2D eigenvalue weighted by Gasteiger charge is -2.26. The second-order valence-corrected chi connectivity index (χ2v) is 4.26. The van der Waals surface area contributed by atoms with Crippen LogP contribution in [0.15, 0.2) is 0 Å². The van der Waals surface area contributed by atoms with Crippen LogP contribution in [0.5, 0.6) is 0 Å². The summed E-state index contributed by atoms with van der Waals surface area (Å²) in [5.41, 5.74) is 0. The van der Waals surface area contributed by atoms with Crippen LogP contribution in [-0.4, -0.2) is 64.6 Å².